The fourth-order valence-corrected chi connectivity index (χ4v) is 0.416. The third kappa shape index (κ3) is 1.24. The standard InChI is InChI=1S/C4H6N2.ClH/c5-4-6-2-1-3-6;/h1-3H2;1H. The van der Waals surface area contributed by atoms with E-state index in [9.17, 15) is 0 Å². The summed E-state index contributed by atoms with van der Waals surface area (Å²) in [5, 5.41) is 8.06. The molecule has 0 saturated carbocycles. The van der Waals surface area contributed by atoms with Crippen molar-refractivity contribution in [1.29, 1.82) is 5.26 Å². The van der Waals surface area contributed by atoms with Gasteiger partial charge in [0.2, 0.25) is 0 Å². The number of nitrogens with zero attached hydrogens (tertiary/aromatic N) is 2. The van der Waals surface area contributed by atoms with Gasteiger partial charge in [-0.2, -0.15) is 5.26 Å². The molecule has 0 atom stereocenters. The quantitative estimate of drug-likeness (QED) is 0.436. The van der Waals surface area contributed by atoms with Crippen LogP contribution in [-0.2, 0) is 0 Å². The van der Waals surface area contributed by atoms with E-state index in [0.29, 0.717) is 0 Å². The molecule has 1 saturated heterocycles. The zero-order valence-electron chi connectivity index (χ0n) is 3.92. The molecular weight excluding hydrogens is 112 g/mol. The number of nitriles is 1. The molecule has 0 amide bonds. The molecule has 1 fully saturated rings. The maximum absolute atomic E-state index is 8.06. The molecule has 0 unspecified atom stereocenters. The summed E-state index contributed by atoms with van der Waals surface area (Å²) in [7, 11) is 0. The zero-order valence-corrected chi connectivity index (χ0v) is 4.74. The molecule has 0 aromatic carbocycles. The normalized spacial score (nSPS) is 16.1. The highest BCUT2D eigenvalue weighted by atomic mass is 35.5. The molecule has 1 aliphatic heterocycles. The second-order valence-corrected chi connectivity index (χ2v) is 1.44. The lowest BCUT2D eigenvalue weighted by atomic mass is 10.2. The molecule has 2 nitrogen and oxygen atoms in total. The molecule has 0 bridgehead atoms. The smallest absolute Gasteiger partial charge is 0.179 e. The van der Waals surface area contributed by atoms with Crippen molar-refractivity contribution in [2.24, 2.45) is 0 Å². The van der Waals surface area contributed by atoms with E-state index < -0.39 is 0 Å². The molecule has 0 aliphatic carbocycles. The molecule has 1 rings (SSSR count). The topological polar surface area (TPSA) is 27.0 Å². The van der Waals surface area contributed by atoms with E-state index >= 15 is 0 Å². The van der Waals surface area contributed by atoms with Crippen molar-refractivity contribution >= 4 is 12.4 Å². The van der Waals surface area contributed by atoms with E-state index in [2.05, 4.69) is 0 Å². The highest BCUT2D eigenvalue weighted by molar-refractivity contribution is 5.85. The number of hydrogen-bond donors (Lipinski definition) is 0. The summed E-state index contributed by atoms with van der Waals surface area (Å²) in [5.74, 6) is 0. The van der Waals surface area contributed by atoms with Gasteiger partial charge in [-0.25, -0.2) is 0 Å². The highest BCUT2D eigenvalue weighted by Crippen LogP contribution is 2.00. The first-order chi connectivity index (χ1) is 2.93. The molecule has 7 heavy (non-hydrogen) atoms. The molecule has 0 N–H and O–H groups in total. The lowest BCUT2D eigenvalue weighted by Crippen LogP contribution is -2.32. The Morgan fingerprint density at radius 2 is 2.00 bits per heavy atom. The molecular formula is C4H7ClN2. The zero-order chi connectivity index (χ0) is 4.41. The lowest BCUT2D eigenvalue weighted by molar-refractivity contribution is 0.277. The molecule has 1 aliphatic rings. The van der Waals surface area contributed by atoms with Gasteiger partial charge in [0, 0.05) is 13.1 Å². The van der Waals surface area contributed by atoms with Gasteiger partial charge in [-0.15, -0.1) is 12.4 Å². The van der Waals surface area contributed by atoms with Gasteiger partial charge in [0.15, 0.2) is 6.19 Å². The van der Waals surface area contributed by atoms with Crippen LogP contribution in [0.3, 0.4) is 0 Å². The second kappa shape index (κ2) is 2.70. The van der Waals surface area contributed by atoms with Crippen LogP contribution in [0.15, 0.2) is 0 Å². The monoisotopic (exact) mass is 118 g/mol. The van der Waals surface area contributed by atoms with Crippen molar-refractivity contribution in [1.82, 2.24) is 4.90 Å². The highest BCUT2D eigenvalue weighted by Gasteiger charge is 2.08. The predicted molar refractivity (Wildman–Crippen MR) is 29.1 cm³/mol. The largest absolute Gasteiger partial charge is 0.311 e. The van der Waals surface area contributed by atoms with E-state index in [0.717, 1.165) is 13.1 Å². The van der Waals surface area contributed by atoms with Gasteiger partial charge in [0.1, 0.15) is 0 Å². The Bertz CT molecular complexity index is 82.2. The van der Waals surface area contributed by atoms with E-state index in [1.165, 1.54) is 6.42 Å². The maximum Gasteiger partial charge on any atom is 0.179 e. The van der Waals surface area contributed by atoms with E-state index in [4.69, 9.17) is 5.26 Å². The van der Waals surface area contributed by atoms with Crippen molar-refractivity contribution in [3.05, 3.63) is 0 Å². The Hall–Kier alpha value is -0.420. The Kier molecular flexibility index (Phi) is 2.54. The van der Waals surface area contributed by atoms with Crippen LogP contribution in [0.1, 0.15) is 6.42 Å². The third-order valence-electron chi connectivity index (χ3n) is 0.997. The van der Waals surface area contributed by atoms with Gasteiger partial charge in [-0.05, 0) is 6.42 Å². The number of likely N-dealkylation sites (tertiary alicyclic amines) is 1. The predicted octanol–water partition coefficient (Wildman–Crippen LogP) is 0.595. The molecule has 1 heterocycles. The first-order valence-electron chi connectivity index (χ1n) is 2.08. The number of rotatable bonds is 0. The fourth-order valence-electron chi connectivity index (χ4n) is 0.416. The average Bonchev–Trinajstić information content (AvgIpc) is 1.31. The van der Waals surface area contributed by atoms with Crippen LogP contribution in [-0.4, -0.2) is 18.0 Å². The molecule has 40 valence electrons. The lowest BCUT2D eigenvalue weighted by Gasteiger charge is -2.23. The van der Waals surface area contributed by atoms with Crippen molar-refractivity contribution in [3.8, 4) is 6.19 Å². The molecule has 3 heteroatoms. The van der Waals surface area contributed by atoms with Crippen molar-refractivity contribution in [2.45, 2.75) is 6.42 Å². The minimum Gasteiger partial charge on any atom is -0.311 e. The van der Waals surface area contributed by atoms with E-state index in [-0.39, 0.29) is 12.4 Å². The van der Waals surface area contributed by atoms with Gasteiger partial charge >= 0.3 is 0 Å². The summed E-state index contributed by atoms with van der Waals surface area (Å²) < 4.78 is 0. The summed E-state index contributed by atoms with van der Waals surface area (Å²) in [6.45, 7) is 1.97. The molecule has 0 radical (unpaired) electrons. The second-order valence-electron chi connectivity index (χ2n) is 1.44. The van der Waals surface area contributed by atoms with Crippen molar-refractivity contribution < 1.29 is 0 Å². The van der Waals surface area contributed by atoms with Crippen LogP contribution in [0.2, 0.25) is 0 Å². The van der Waals surface area contributed by atoms with E-state index in [1.54, 1.807) is 4.90 Å². The minimum atomic E-state index is 0. The Morgan fingerprint density at radius 3 is 2.00 bits per heavy atom. The average molecular weight is 119 g/mol. The Labute approximate surface area is 49.1 Å². The van der Waals surface area contributed by atoms with Crippen LogP contribution in [0, 0.1) is 11.5 Å². The van der Waals surface area contributed by atoms with Crippen molar-refractivity contribution in [3.63, 3.8) is 0 Å². The SMILES string of the molecule is Cl.N#CN1CCC1. The van der Waals surface area contributed by atoms with Gasteiger partial charge in [-0.3, -0.25) is 0 Å². The summed E-state index contributed by atoms with van der Waals surface area (Å²) >= 11 is 0. The van der Waals surface area contributed by atoms with E-state index in [1.807, 2.05) is 6.19 Å². The number of hydrogen-bond acceptors (Lipinski definition) is 2. The molecule has 0 aromatic heterocycles. The molecule has 0 aromatic rings. The van der Waals surface area contributed by atoms with Gasteiger partial charge in [0.25, 0.3) is 0 Å². The summed E-state index contributed by atoms with van der Waals surface area (Å²) in [5.41, 5.74) is 0. The third-order valence-corrected chi connectivity index (χ3v) is 0.997. The van der Waals surface area contributed by atoms with Crippen LogP contribution in [0.5, 0.6) is 0 Å². The van der Waals surface area contributed by atoms with Crippen LogP contribution < -0.4 is 0 Å². The molecule has 0 spiro atoms. The maximum atomic E-state index is 8.06. The summed E-state index contributed by atoms with van der Waals surface area (Å²) in [4.78, 5) is 1.74. The minimum absolute atomic E-state index is 0. The summed E-state index contributed by atoms with van der Waals surface area (Å²) in [6, 6.07) is 0. The van der Waals surface area contributed by atoms with Crippen LogP contribution in [0.25, 0.3) is 0 Å². The first-order valence-corrected chi connectivity index (χ1v) is 2.08. The summed E-state index contributed by atoms with van der Waals surface area (Å²) in [6.07, 6.45) is 3.24. The van der Waals surface area contributed by atoms with Gasteiger partial charge < -0.3 is 4.90 Å². The Morgan fingerprint density at radius 1 is 1.43 bits per heavy atom. The van der Waals surface area contributed by atoms with Crippen molar-refractivity contribution in [2.75, 3.05) is 13.1 Å². The fraction of sp³-hybridized carbons (Fsp3) is 0.750. The Balaban J connectivity index is 0.000000360. The van der Waals surface area contributed by atoms with Crippen LogP contribution >= 0.6 is 12.4 Å². The first kappa shape index (κ1) is 6.58. The number of halogens is 1. The van der Waals surface area contributed by atoms with Crippen LogP contribution in [0.4, 0.5) is 0 Å². The van der Waals surface area contributed by atoms with Gasteiger partial charge in [0.05, 0.1) is 0 Å². The van der Waals surface area contributed by atoms with Gasteiger partial charge in [-0.1, -0.05) is 0 Å².